The number of ketones is 1. The van der Waals surface area contributed by atoms with Crippen LogP contribution in [0.3, 0.4) is 0 Å². The van der Waals surface area contributed by atoms with E-state index >= 15 is 0 Å². The van der Waals surface area contributed by atoms with E-state index in [-0.39, 0.29) is 46.8 Å². The number of hydrogen-bond donors (Lipinski definition) is 2. The molecule has 0 radical (unpaired) electrons. The van der Waals surface area contributed by atoms with Crippen molar-refractivity contribution < 1.29 is 56.3 Å². The van der Waals surface area contributed by atoms with Crippen LogP contribution in [0.4, 0.5) is 5.69 Å². The summed E-state index contributed by atoms with van der Waals surface area (Å²) in [6.07, 6.45) is 5.64. The van der Waals surface area contributed by atoms with Crippen LogP contribution in [0, 0.1) is 11.3 Å². The summed E-state index contributed by atoms with van der Waals surface area (Å²) in [4.78, 5) is 25.4. The monoisotopic (exact) mass is 552 g/mol. The summed E-state index contributed by atoms with van der Waals surface area (Å²) in [6.45, 7) is 4.18. The Bertz CT molecular complexity index is 1340. The molecule has 3 aliphatic carbocycles. The van der Waals surface area contributed by atoms with Crippen molar-refractivity contribution in [1.29, 1.82) is 0 Å². The normalized spacial score (nSPS) is 22.9. The van der Waals surface area contributed by atoms with Gasteiger partial charge in [0.05, 0.1) is 34.3 Å². The summed E-state index contributed by atoms with van der Waals surface area (Å²) < 4.78 is 39.2. The van der Waals surface area contributed by atoms with Gasteiger partial charge in [-0.05, 0) is 80.9 Å². The van der Waals surface area contributed by atoms with Gasteiger partial charge in [0, 0.05) is 18.2 Å². The number of benzene rings is 1. The Kier molecular flexibility index (Phi) is 8.47. The fourth-order valence-electron chi connectivity index (χ4n) is 5.67. The molecule has 3 N–H and O–H groups in total. The van der Waals surface area contributed by atoms with Gasteiger partial charge in [-0.15, -0.1) is 0 Å². The summed E-state index contributed by atoms with van der Waals surface area (Å²) in [7, 11) is -4.74. The maximum absolute atomic E-state index is 13.2. The number of carbonyl (C=O) groups is 2. The second kappa shape index (κ2) is 11.0. The molecular weight excluding hydrogens is 519 g/mol. The first-order valence-corrected chi connectivity index (χ1v) is 14.2. The fraction of sp³-hybridized carbons (Fsp3) is 0.577. The van der Waals surface area contributed by atoms with Gasteiger partial charge in [-0.25, -0.2) is 13.1 Å². The quantitative estimate of drug-likeness (QED) is 0.269. The minimum atomic E-state index is -4.74. The number of hydrogen-bond acceptors (Lipinski definition) is 8. The minimum Gasteiger partial charge on any atom is -0.726 e. The zero-order valence-corrected chi connectivity index (χ0v) is 25.0. The number of nitrogens with two attached hydrogens (primary N) is 1. The smallest absolute Gasteiger partial charge is 0.726 e. The van der Waals surface area contributed by atoms with Crippen molar-refractivity contribution >= 4 is 27.8 Å². The third-order valence-corrected chi connectivity index (χ3v) is 8.11. The molecule has 5 rings (SSSR count). The van der Waals surface area contributed by atoms with Crippen molar-refractivity contribution in [3.8, 4) is 5.69 Å². The molecule has 2 fully saturated rings. The number of anilines is 1. The number of primary amides is 1. The summed E-state index contributed by atoms with van der Waals surface area (Å²) in [5.41, 5.74) is 9.64. The molecule has 1 aromatic carbocycles. The predicted octanol–water partition coefficient (Wildman–Crippen LogP) is 0.283. The first-order valence-electron chi connectivity index (χ1n) is 12.9. The fourth-order valence-corrected chi connectivity index (χ4v) is 6.19. The Hall–Kier alpha value is -1.76. The SMILES string of the molecule is CC1(C)CC(=O)c2c(CC3CC3)nn(-c3ccc(C(N)=O)c(NC4CCC(OS(=O)(=O)[O-])CC4)c3)c2C1.[Na+]. The van der Waals surface area contributed by atoms with E-state index in [0.717, 1.165) is 48.3 Å². The van der Waals surface area contributed by atoms with E-state index in [1.54, 1.807) is 12.1 Å². The number of amides is 1. The van der Waals surface area contributed by atoms with Gasteiger partial charge in [-0.1, -0.05) is 13.8 Å². The summed E-state index contributed by atoms with van der Waals surface area (Å²) in [5, 5.41) is 8.30. The molecule has 0 saturated heterocycles. The molecule has 1 aromatic heterocycles. The number of carbonyl (C=O) groups excluding carboxylic acids is 2. The molecule has 0 atom stereocenters. The van der Waals surface area contributed by atoms with E-state index in [4.69, 9.17) is 10.8 Å². The van der Waals surface area contributed by atoms with Crippen molar-refractivity contribution in [2.75, 3.05) is 5.32 Å². The molecule has 1 amide bonds. The Labute approximate surface area is 245 Å². The third-order valence-electron chi connectivity index (χ3n) is 7.60. The zero-order valence-electron chi connectivity index (χ0n) is 22.2. The van der Waals surface area contributed by atoms with Crippen molar-refractivity contribution in [3.05, 3.63) is 40.7 Å². The molecule has 2 saturated carbocycles. The maximum atomic E-state index is 13.2. The van der Waals surface area contributed by atoms with Crippen LogP contribution >= 0.6 is 0 Å². The molecule has 2 aromatic rings. The van der Waals surface area contributed by atoms with Crippen LogP contribution in [-0.2, 0) is 27.4 Å². The number of nitrogens with zero attached hydrogens (tertiary/aromatic N) is 2. The molecule has 12 heteroatoms. The van der Waals surface area contributed by atoms with Crippen LogP contribution < -0.4 is 40.6 Å². The van der Waals surface area contributed by atoms with Gasteiger partial charge in [-0.2, -0.15) is 5.10 Å². The van der Waals surface area contributed by atoms with Crippen LogP contribution in [0.1, 0.15) is 90.9 Å². The van der Waals surface area contributed by atoms with E-state index in [1.807, 2.05) is 10.7 Å². The Morgan fingerprint density at radius 2 is 1.87 bits per heavy atom. The van der Waals surface area contributed by atoms with Gasteiger partial charge in [0.15, 0.2) is 5.78 Å². The minimum absolute atomic E-state index is 0. The van der Waals surface area contributed by atoms with Crippen molar-refractivity contribution in [2.45, 2.75) is 83.8 Å². The van der Waals surface area contributed by atoms with E-state index in [1.165, 1.54) is 0 Å². The van der Waals surface area contributed by atoms with Crippen LogP contribution in [0.5, 0.6) is 0 Å². The van der Waals surface area contributed by atoms with Gasteiger partial charge in [0.2, 0.25) is 10.4 Å². The number of fused-ring (bicyclic) bond motifs is 1. The first kappa shape index (κ1) is 29.2. The third kappa shape index (κ3) is 6.68. The van der Waals surface area contributed by atoms with Crippen LogP contribution in [0.25, 0.3) is 5.69 Å². The molecule has 0 bridgehead atoms. The molecule has 38 heavy (non-hydrogen) atoms. The average molecular weight is 553 g/mol. The Balaban J connectivity index is 0.00000336. The summed E-state index contributed by atoms with van der Waals surface area (Å²) >= 11 is 0. The van der Waals surface area contributed by atoms with Gasteiger partial charge in [0.1, 0.15) is 0 Å². The molecule has 0 unspecified atom stereocenters. The zero-order chi connectivity index (χ0) is 26.5. The topological polar surface area (TPSA) is 156 Å². The standard InChI is InChI=1S/C26H34N4O6S.Na/c1-26(2)13-22-24(23(31)14-26)21(11-15-3-4-15)29-30(22)17-7-10-19(25(27)32)20(12-17)28-16-5-8-18(9-6-16)36-37(33,34)35;/h7,10,12,15-16,18,28H,3-6,8-9,11,13-14H2,1-2H3,(H2,27,32)(H,33,34,35);/q;+1/p-1. The first-order chi connectivity index (χ1) is 17.4. The Morgan fingerprint density at radius 3 is 2.47 bits per heavy atom. The van der Waals surface area contributed by atoms with Crippen molar-refractivity contribution in [2.24, 2.45) is 17.1 Å². The van der Waals surface area contributed by atoms with E-state index < -0.39 is 22.4 Å². The van der Waals surface area contributed by atoms with Crippen LogP contribution in [-0.4, -0.2) is 46.6 Å². The number of nitrogens with one attached hydrogen (secondary N) is 1. The second-order valence-corrected chi connectivity index (χ2v) is 12.5. The maximum Gasteiger partial charge on any atom is 1.00 e. The molecular formula is C26H33N4NaO6S. The van der Waals surface area contributed by atoms with Gasteiger partial charge in [0.25, 0.3) is 5.91 Å². The summed E-state index contributed by atoms with van der Waals surface area (Å²) in [6, 6.07) is 5.25. The molecule has 1 heterocycles. The number of rotatable bonds is 8. The molecule has 200 valence electrons. The van der Waals surface area contributed by atoms with Crippen molar-refractivity contribution in [1.82, 2.24) is 9.78 Å². The van der Waals surface area contributed by atoms with E-state index in [2.05, 4.69) is 23.3 Å². The second-order valence-electron chi connectivity index (χ2n) is 11.5. The van der Waals surface area contributed by atoms with E-state index in [9.17, 15) is 22.6 Å². The van der Waals surface area contributed by atoms with Gasteiger partial charge in [-0.3, -0.25) is 13.8 Å². The molecule has 3 aliphatic rings. The number of aromatic nitrogens is 2. The largest absolute Gasteiger partial charge is 1.00 e. The van der Waals surface area contributed by atoms with Gasteiger partial charge < -0.3 is 15.6 Å². The number of Topliss-reactive ketones (excluding diaryl/α,β-unsaturated/α-hetero) is 1. The van der Waals surface area contributed by atoms with Crippen molar-refractivity contribution in [3.63, 3.8) is 0 Å². The van der Waals surface area contributed by atoms with Gasteiger partial charge >= 0.3 is 29.6 Å². The van der Waals surface area contributed by atoms with Crippen LogP contribution in [0.2, 0.25) is 0 Å². The molecule has 0 spiro atoms. The Morgan fingerprint density at radius 1 is 1.18 bits per heavy atom. The average Bonchev–Trinajstić information content (AvgIpc) is 3.53. The predicted molar refractivity (Wildman–Crippen MR) is 135 cm³/mol. The van der Waals surface area contributed by atoms with Crippen LogP contribution in [0.15, 0.2) is 18.2 Å². The molecule has 0 aliphatic heterocycles. The molecule has 10 nitrogen and oxygen atoms in total. The van der Waals surface area contributed by atoms with E-state index in [0.29, 0.717) is 49.3 Å². The summed E-state index contributed by atoms with van der Waals surface area (Å²) in [5.74, 6) is 0.149.